The van der Waals surface area contributed by atoms with Crippen molar-refractivity contribution in [2.45, 2.75) is 32.1 Å². The average Bonchev–Trinajstić information content (AvgIpc) is 2.35. The number of rotatable bonds is 3. The lowest BCUT2D eigenvalue weighted by molar-refractivity contribution is -0.195. The molecule has 1 amide bonds. The zero-order chi connectivity index (χ0) is 12.0. The lowest BCUT2D eigenvalue weighted by Crippen LogP contribution is -2.38. The summed E-state index contributed by atoms with van der Waals surface area (Å²) in [5, 5.41) is 0.905. The highest BCUT2D eigenvalue weighted by Gasteiger charge is 2.27. The Bertz CT molecular complexity index is 254. The first-order valence-electron chi connectivity index (χ1n) is 5.33. The van der Waals surface area contributed by atoms with Crippen molar-refractivity contribution in [2.24, 2.45) is 5.92 Å². The van der Waals surface area contributed by atoms with Crippen LogP contribution in [0, 0.1) is 5.92 Å². The van der Waals surface area contributed by atoms with Gasteiger partial charge in [0.25, 0.3) is 5.91 Å². The molecule has 1 aliphatic rings. The average molecular weight is 268 g/mol. The van der Waals surface area contributed by atoms with Crippen molar-refractivity contribution < 1.29 is 14.4 Å². The van der Waals surface area contributed by atoms with Crippen LogP contribution in [0.15, 0.2) is 0 Å². The van der Waals surface area contributed by atoms with Gasteiger partial charge in [-0.25, -0.2) is 4.79 Å². The number of halogens is 2. The number of nitrogens with zero attached hydrogens (tertiary/aromatic N) is 1. The van der Waals surface area contributed by atoms with Crippen molar-refractivity contribution in [2.75, 3.05) is 11.9 Å². The quantitative estimate of drug-likeness (QED) is 0.448. The molecule has 0 heterocycles. The largest absolute Gasteiger partial charge is 0.347 e. The number of hydrogen-bond acceptors (Lipinski definition) is 3. The Labute approximate surface area is 105 Å². The normalized spacial score (nSPS) is 16.9. The molecule has 1 fully saturated rings. The lowest BCUT2D eigenvalue weighted by Gasteiger charge is -2.26. The van der Waals surface area contributed by atoms with E-state index in [0.717, 1.165) is 37.2 Å². The Morgan fingerprint density at radius 1 is 1.19 bits per heavy atom. The Morgan fingerprint density at radius 3 is 2.31 bits per heavy atom. The fraction of sp³-hybridized carbons (Fsp3) is 0.800. The lowest BCUT2D eigenvalue weighted by atomic mass is 9.89. The zero-order valence-electron chi connectivity index (χ0n) is 8.95. The molecule has 0 radical (unpaired) electrons. The highest BCUT2D eigenvalue weighted by atomic mass is 35.5. The second-order valence-electron chi connectivity index (χ2n) is 3.77. The molecule has 0 aliphatic heterocycles. The fourth-order valence-electron chi connectivity index (χ4n) is 1.83. The van der Waals surface area contributed by atoms with Gasteiger partial charge in [-0.2, -0.15) is 5.06 Å². The Hall–Kier alpha value is -0.480. The van der Waals surface area contributed by atoms with Crippen LogP contribution in [-0.2, 0) is 14.4 Å². The van der Waals surface area contributed by atoms with E-state index < -0.39 is 5.97 Å². The van der Waals surface area contributed by atoms with Crippen molar-refractivity contribution in [3.8, 4) is 0 Å². The minimum absolute atomic E-state index is 0.0735. The first kappa shape index (κ1) is 13.6. The van der Waals surface area contributed by atoms with E-state index in [9.17, 15) is 9.59 Å². The van der Waals surface area contributed by atoms with Crippen LogP contribution in [0.25, 0.3) is 0 Å². The predicted molar refractivity (Wildman–Crippen MR) is 61.0 cm³/mol. The van der Waals surface area contributed by atoms with Crippen molar-refractivity contribution in [1.82, 2.24) is 5.06 Å². The van der Waals surface area contributed by atoms with Crippen molar-refractivity contribution in [3.63, 3.8) is 0 Å². The first-order chi connectivity index (χ1) is 7.69. The summed E-state index contributed by atoms with van der Waals surface area (Å²) in [6.45, 7) is 0. The third-order valence-corrected chi connectivity index (χ3v) is 3.07. The van der Waals surface area contributed by atoms with Gasteiger partial charge in [0.1, 0.15) is 11.9 Å². The topological polar surface area (TPSA) is 46.6 Å². The van der Waals surface area contributed by atoms with Gasteiger partial charge in [-0.3, -0.25) is 4.79 Å². The van der Waals surface area contributed by atoms with Crippen LogP contribution in [0.5, 0.6) is 0 Å². The van der Waals surface area contributed by atoms with Crippen LogP contribution >= 0.6 is 23.2 Å². The van der Waals surface area contributed by atoms with E-state index in [1.54, 1.807) is 0 Å². The summed E-state index contributed by atoms with van der Waals surface area (Å²) in [7, 11) is 0. The number of amides is 1. The summed E-state index contributed by atoms with van der Waals surface area (Å²) < 4.78 is 0. The molecule has 0 spiro atoms. The summed E-state index contributed by atoms with van der Waals surface area (Å²) >= 11 is 10.9. The van der Waals surface area contributed by atoms with Crippen LogP contribution in [0.1, 0.15) is 32.1 Å². The van der Waals surface area contributed by atoms with E-state index in [4.69, 9.17) is 28.0 Å². The molecule has 92 valence electrons. The SMILES string of the molecule is O=C(CCl)ON(CCl)C(=O)C1CCCCC1. The number of hydrogen-bond donors (Lipinski definition) is 0. The Kier molecular flexibility index (Phi) is 5.91. The van der Waals surface area contributed by atoms with Gasteiger partial charge in [0.2, 0.25) is 0 Å². The second-order valence-corrected chi connectivity index (χ2v) is 4.27. The van der Waals surface area contributed by atoms with Gasteiger partial charge in [-0.15, -0.1) is 11.6 Å². The molecule has 0 aromatic heterocycles. The summed E-state index contributed by atoms with van der Waals surface area (Å²) in [6.07, 6.45) is 4.91. The molecule has 1 aliphatic carbocycles. The minimum atomic E-state index is -0.661. The zero-order valence-corrected chi connectivity index (χ0v) is 10.5. The van der Waals surface area contributed by atoms with Gasteiger partial charge < -0.3 is 4.84 Å². The van der Waals surface area contributed by atoms with Gasteiger partial charge in [0, 0.05) is 5.92 Å². The Morgan fingerprint density at radius 2 is 1.81 bits per heavy atom. The van der Waals surface area contributed by atoms with Gasteiger partial charge in [0.15, 0.2) is 0 Å². The molecule has 0 bridgehead atoms. The van der Waals surface area contributed by atoms with Crippen LogP contribution in [0.4, 0.5) is 0 Å². The van der Waals surface area contributed by atoms with Crippen LogP contribution in [-0.4, -0.2) is 28.8 Å². The van der Waals surface area contributed by atoms with Crippen molar-refractivity contribution in [1.29, 1.82) is 0 Å². The van der Waals surface area contributed by atoms with E-state index in [1.165, 1.54) is 0 Å². The molecule has 6 heteroatoms. The molecule has 0 aromatic rings. The number of alkyl halides is 2. The van der Waals surface area contributed by atoms with Crippen LogP contribution in [0.2, 0.25) is 0 Å². The molecule has 0 N–H and O–H groups in total. The molecule has 0 aromatic carbocycles. The third-order valence-electron chi connectivity index (χ3n) is 2.63. The van der Waals surface area contributed by atoms with Gasteiger partial charge in [0.05, 0.1) is 0 Å². The van der Waals surface area contributed by atoms with Crippen molar-refractivity contribution in [3.05, 3.63) is 0 Å². The summed E-state index contributed by atoms with van der Waals surface area (Å²) in [5.41, 5.74) is 0. The Balaban J connectivity index is 2.50. The van der Waals surface area contributed by atoms with Crippen molar-refractivity contribution >= 4 is 35.1 Å². The second kappa shape index (κ2) is 6.97. The monoisotopic (exact) mass is 267 g/mol. The first-order valence-corrected chi connectivity index (χ1v) is 6.40. The number of carbonyl (C=O) groups is 2. The number of hydroxylamine groups is 2. The van der Waals surface area contributed by atoms with E-state index in [1.807, 2.05) is 0 Å². The van der Waals surface area contributed by atoms with Crippen LogP contribution < -0.4 is 0 Å². The molecule has 0 unspecified atom stereocenters. The highest BCUT2D eigenvalue weighted by Crippen LogP contribution is 2.25. The molecular weight excluding hydrogens is 253 g/mol. The van der Waals surface area contributed by atoms with Gasteiger partial charge >= 0.3 is 5.97 Å². The standard InChI is InChI=1S/C10H15Cl2NO3/c11-6-9(14)16-13(7-12)10(15)8-4-2-1-3-5-8/h8H,1-7H2. The van der Waals surface area contributed by atoms with Gasteiger partial charge in [-0.05, 0) is 12.8 Å². The molecule has 1 saturated carbocycles. The highest BCUT2D eigenvalue weighted by molar-refractivity contribution is 6.26. The summed E-state index contributed by atoms with van der Waals surface area (Å²) in [6, 6.07) is -0.155. The minimum Gasteiger partial charge on any atom is -0.336 e. The summed E-state index contributed by atoms with van der Waals surface area (Å²) in [4.78, 5) is 27.6. The van der Waals surface area contributed by atoms with E-state index >= 15 is 0 Å². The molecule has 0 saturated heterocycles. The van der Waals surface area contributed by atoms with Gasteiger partial charge in [-0.1, -0.05) is 30.9 Å². The number of carbonyl (C=O) groups excluding carboxylic acids is 2. The molecule has 16 heavy (non-hydrogen) atoms. The van der Waals surface area contributed by atoms with Crippen LogP contribution in [0.3, 0.4) is 0 Å². The molecule has 0 atom stereocenters. The van der Waals surface area contributed by atoms with E-state index in [-0.39, 0.29) is 23.7 Å². The third kappa shape index (κ3) is 3.83. The predicted octanol–water partition coefficient (Wildman–Crippen LogP) is 2.29. The maximum absolute atomic E-state index is 11.9. The molecule has 1 rings (SSSR count). The smallest absolute Gasteiger partial charge is 0.336 e. The molecule has 4 nitrogen and oxygen atoms in total. The maximum Gasteiger partial charge on any atom is 0.347 e. The van der Waals surface area contributed by atoms with E-state index in [0.29, 0.717) is 0 Å². The fourth-order valence-corrected chi connectivity index (χ4v) is 2.04. The van der Waals surface area contributed by atoms with E-state index in [2.05, 4.69) is 0 Å². The maximum atomic E-state index is 11.9. The molecular formula is C10H15Cl2NO3. The summed E-state index contributed by atoms with van der Waals surface area (Å²) in [5.74, 6) is -1.24.